The summed E-state index contributed by atoms with van der Waals surface area (Å²) in [5.74, 6) is -0.345. The van der Waals surface area contributed by atoms with Crippen molar-refractivity contribution in [1.82, 2.24) is 15.2 Å². The van der Waals surface area contributed by atoms with Gasteiger partial charge in [-0.15, -0.1) is 0 Å². The fourth-order valence-electron chi connectivity index (χ4n) is 2.94. The zero-order valence-corrected chi connectivity index (χ0v) is 17.3. The first kappa shape index (κ1) is 19.8. The molecule has 28 heavy (non-hydrogen) atoms. The lowest BCUT2D eigenvalue weighted by atomic mass is 10.1. The summed E-state index contributed by atoms with van der Waals surface area (Å²) in [6.45, 7) is 3.77. The van der Waals surface area contributed by atoms with Crippen molar-refractivity contribution >= 4 is 27.5 Å². The molecular weight excluding hydrogens is 420 g/mol. The molecule has 6 nitrogen and oxygen atoms in total. The molecule has 2 aromatic carbocycles. The van der Waals surface area contributed by atoms with E-state index in [0.29, 0.717) is 27.7 Å². The van der Waals surface area contributed by atoms with Crippen LogP contribution in [0.15, 0.2) is 69.0 Å². The van der Waals surface area contributed by atoms with Crippen LogP contribution in [-0.2, 0) is 6.42 Å². The molecule has 1 amide bonds. The molecule has 1 heterocycles. The number of aromatic amines is 1. The number of aromatic nitrogens is 2. The van der Waals surface area contributed by atoms with Gasteiger partial charge in [-0.1, -0.05) is 43.7 Å². The van der Waals surface area contributed by atoms with Crippen LogP contribution >= 0.6 is 15.9 Å². The molecule has 0 unspecified atom stereocenters. The zero-order chi connectivity index (χ0) is 20.1. The van der Waals surface area contributed by atoms with E-state index < -0.39 is 0 Å². The van der Waals surface area contributed by atoms with Crippen molar-refractivity contribution in [1.29, 1.82) is 0 Å². The van der Waals surface area contributed by atoms with Crippen molar-refractivity contribution < 1.29 is 4.79 Å². The number of nitrogens with one attached hydrogen (secondary N) is 2. The van der Waals surface area contributed by atoms with Crippen LogP contribution in [0.25, 0.3) is 5.69 Å². The molecule has 0 bridgehead atoms. The maximum atomic E-state index is 13.0. The molecule has 1 aromatic heterocycles. The van der Waals surface area contributed by atoms with E-state index in [2.05, 4.69) is 31.6 Å². The Hall–Kier alpha value is -2.93. The molecule has 0 aliphatic rings. The summed E-state index contributed by atoms with van der Waals surface area (Å²) < 4.78 is 2.19. The molecule has 0 atom stereocenters. The molecule has 3 aromatic rings. The summed E-state index contributed by atoms with van der Waals surface area (Å²) in [5.41, 5.74) is 5.32. The minimum Gasteiger partial charge on any atom is -0.294 e. The van der Waals surface area contributed by atoms with E-state index in [-0.39, 0.29) is 11.5 Å². The van der Waals surface area contributed by atoms with E-state index in [1.54, 1.807) is 25.1 Å². The lowest BCUT2D eigenvalue weighted by Gasteiger charge is -2.04. The predicted molar refractivity (Wildman–Crippen MR) is 114 cm³/mol. The Morgan fingerprint density at radius 2 is 1.82 bits per heavy atom. The summed E-state index contributed by atoms with van der Waals surface area (Å²) in [6, 6.07) is 16.5. The van der Waals surface area contributed by atoms with Gasteiger partial charge in [-0.25, -0.2) is 10.1 Å². The van der Waals surface area contributed by atoms with Crippen LogP contribution in [0.1, 0.15) is 41.9 Å². The highest BCUT2D eigenvalue weighted by atomic mass is 79.9. The standard InChI is InChI=1S/C21H21BrN4O2/c1-3-9-18-19(21(28)26(25-18)15-10-5-4-6-11-15)14(2)23-24-20(27)16-12-7-8-13-17(16)22/h4-8,10-13,25H,3,9H2,1-2H3,(H,24,27). The van der Waals surface area contributed by atoms with Crippen molar-refractivity contribution in [2.45, 2.75) is 26.7 Å². The number of halogens is 1. The van der Waals surface area contributed by atoms with Gasteiger partial charge in [0.25, 0.3) is 11.5 Å². The highest BCUT2D eigenvalue weighted by molar-refractivity contribution is 9.10. The number of rotatable bonds is 6. The Morgan fingerprint density at radius 3 is 2.50 bits per heavy atom. The van der Waals surface area contributed by atoms with E-state index in [9.17, 15) is 9.59 Å². The average Bonchev–Trinajstić information content (AvgIpc) is 3.03. The van der Waals surface area contributed by atoms with Gasteiger partial charge in [-0.2, -0.15) is 5.10 Å². The Bertz CT molecular complexity index is 1070. The normalized spacial score (nSPS) is 11.5. The number of H-pyrrole nitrogens is 1. The summed E-state index contributed by atoms with van der Waals surface area (Å²) in [4.78, 5) is 25.4. The van der Waals surface area contributed by atoms with Crippen molar-refractivity contribution in [2.75, 3.05) is 0 Å². The van der Waals surface area contributed by atoms with E-state index in [4.69, 9.17) is 0 Å². The monoisotopic (exact) mass is 440 g/mol. The van der Waals surface area contributed by atoms with Gasteiger partial charge in [0.1, 0.15) is 0 Å². The number of aryl methyl sites for hydroxylation is 1. The smallest absolute Gasteiger partial charge is 0.280 e. The Morgan fingerprint density at radius 1 is 1.14 bits per heavy atom. The fraction of sp³-hybridized carbons (Fsp3) is 0.190. The van der Waals surface area contributed by atoms with Crippen LogP contribution in [-0.4, -0.2) is 21.4 Å². The minimum atomic E-state index is -0.345. The average molecular weight is 441 g/mol. The van der Waals surface area contributed by atoms with E-state index in [0.717, 1.165) is 17.8 Å². The molecule has 3 rings (SSSR count). The van der Waals surface area contributed by atoms with Crippen LogP contribution in [0.4, 0.5) is 0 Å². The van der Waals surface area contributed by atoms with Gasteiger partial charge in [0, 0.05) is 10.2 Å². The SMILES string of the molecule is CCCc1[nH]n(-c2ccccc2)c(=O)c1C(C)=NNC(=O)c1ccccc1Br. The van der Waals surface area contributed by atoms with Crippen molar-refractivity contribution in [3.8, 4) is 5.69 Å². The number of hydrogen-bond acceptors (Lipinski definition) is 3. The van der Waals surface area contributed by atoms with Gasteiger partial charge < -0.3 is 0 Å². The third-order valence-corrected chi connectivity index (χ3v) is 4.98. The van der Waals surface area contributed by atoms with Crippen molar-refractivity contribution in [3.05, 3.63) is 86.2 Å². The quantitative estimate of drug-likeness (QED) is 0.448. The number of carbonyl (C=O) groups is 1. The number of hydrazone groups is 1. The Labute approximate surface area is 171 Å². The second kappa shape index (κ2) is 8.84. The highest BCUT2D eigenvalue weighted by Crippen LogP contribution is 2.15. The zero-order valence-electron chi connectivity index (χ0n) is 15.7. The molecule has 0 saturated carbocycles. The molecule has 0 spiro atoms. The Balaban J connectivity index is 1.94. The maximum absolute atomic E-state index is 13.0. The fourth-order valence-corrected chi connectivity index (χ4v) is 3.41. The summed E-state index contributed by atoms with van der Waals surface area (Å²) in [5, 5.41) is 7.37. The van der Waals surface area contributed by atoms with Gasteiger partial charge in [-0.3, -0.25) is 14.7 Å². The largest absolute Gasteiger partial charge is 0.294 e. The Kier molecular flexibility index (Phi) is 6.26. The van der Waals surface area contributed by atoms with Gasteiger partial charge in [0.15, 0.2) is 0 Å². The summed E-state index contributed by atoms with van der Waals surface area (Å²) in [7, 11) is 0. The minimum absolute atomic E-state index is 0.189. The first-order valence-corrected chi connectivity index (χ1v) is 9.81. The third-order valence-electron chi connectivity index (χ3n) is 4.29. The van der Waals surface area contributed by atoms with Gasteiger partial charge in [0.2, 0.25) is 0 Å². The number of amides is 1. The molecular formula is C21H21BrN4O2. The van der Waals surface area contributed by atoms with Gasteiger partial charge >= 0.3 is 0 Å². The van der Waals surface area contributed by atoms with Crippen LogP contribution in [0, 0.1) is 0 Å². The maximum Gasteiger partial charge on any atom is 0.280 e. The molecule has 0 saturated heterocycles. The molecule has 7 heteroatoms. The number of carbonyl (C=O) groups excluding carboxylic acids is 1. The first-order chi connectivity index (χ1) is 13.5. The van der Waals surface area contributed by atoms with E-state index in [1.807, 2.05) is 43.3 Å². The highest BCUT2D eigenvalue weighted by Gasteiger charge is 2.18. The van der Waals surface area contributed by atoms with Gasteiger partial charge in [0.05, 0.1) is 22.5 Å². The number of para-hydroxylation sites is 1. The molecule has 0 aliphatic heterocycles. The van der Waals surface area contributed by atoms with Crippen LogP contribution in [0.2, 0.25) is 0 Å². The van der Waals surface area contributed by atoms with E-state index >= 15 is 0 Å². The van der Waals surface area contributed by atoms with Crippen LogP contribution in [0.5, 0.6) is 0 Å². The second-order valence-corrected chi connectivity index (χ2v) is 7.16. The number of nitrogens with zero attached hydrogens (tertiary/aromatic N) is 2. The lowest BCUT2D eigenvalue weighted by Crippen LogP contribution is -2.23. The molecule has 0 radical (unpaired) electrons. The topological polar surface area (TPSA) is 79.2 Å². The van der Waals surface area contributed by atoms with Crippen LogP contribution in [0.3, 0.4) is 0 Å². The predicted octanol–water partition coefficient (Wildman–Crippen LogP) is 4.03. The molecule has 2 N–H and O–H groups in total. The van der Waals surface area contributed by atoms with Crippen molar-refractivity contribution in [3.63, 3.8) is 0 Å². The van der Waals surface area contributed by atoms with E-state index in [1.165, 1.54) is 4.68 Å². The van der Waals surface area contributed by atoms with Crippen molar-refractivity contribution in [2.24, 2.45) is 5.10 Å². The lowest BCUT2D eigenvalue weighted by molar-refractivity contribution is 0.0954. The number of benzene rings is 2. The number of hydrogen-bond donors (Lipinski definition) is 2. The second-order valence-electron chi connectivity index (χ2n) is 6.31. The first-order valence-electron chi connectivity index (χ1n) is 9.01. The third kappa shape index (κ3) is 4.14. The summed E-state index contributed by atoms with van der Waals surface area (Å²) >= 11 is 3.35. The molecule has 0 aliphatic carbocycles. The van der Waals surface area contributed by atoms with Crippen LogP contribution < -0.4 is 11.0 Å². The molecule has 0 fully saturated rings. The summed E-state index contributed by atoms with van der Waals surface area (Å²) in [6.07, 6.45) is 1.58. The van der Waals surface area contributed by atoms with Gasteiger partial charge in [-0.05, 0) is 53.5 Å². The molecule has 144 valence electrons.